The number of morpholine rings is 1. The predicted octanol–water partition coefficient (Wildman–Crippen LogP) is 3.96. The molecule has 0 N–H and O–H groups in total. The van der Waals surface area contributed by atoms with Crippen LogP contribution in [0, 0.1) is 0 Å². The molecule has 7 nitrogen and oxygen atoms in total. The molecule has 0 unspecified atom stereocenters. The van der Waals surface area contributed by atoms with E-state index in [0.29, 0.717) is 60.9 Å². The van der Waals surface area contributed by atoms with E-state index < -0.39 is 0 Å². The number of benzene rings is 2. The van der Waals surface area contributed by atoms with Gasteiger partial charge in [0.15, 0.2) is 0 Å². The summed E-state index contributed by atoms with van der Waals surface area (Å²) in [5.74, 6) is 1.71. The smallest absolute Gasteiger partial charge is 0.255 e. The number of carbonyl (C=O) groups is 1. The average molecular weight is 451 g/mol. The maximum absolute atomic E-state index is 13.2. The van der Waals surface area contributed by atoms with E-state index in [1.165, 1.54) is 0 Å². The van der Waals surface area contributed by atoms with E-state index in [-0.39, 0.29) is 5.91 Å². The van der Waals surface area contributed by atoms with Crippen molar-refractivity contribution in [1.29, 1.82) is 0 Å². The number of rotatable bonds is 4. The predicted molar refractivity (Wildman–Crippen MR) is 121 cm³/mol. The number of halogens is 1. The van der Waals surface area contributed by atoms with Crippen LogP contribution in [0.5, 0.6) is 11.6 Å². The normalized spacial score (nSPS) is 15.9. The second-order valence-electron chi connectivity index (χ2n) is 7.73. The largest absolute Gasteiger partial charge is 0.438 e. The summed E-state index contributed by atoms with van der Waals surface area (Å²) in [5.41, 5.74) is 2.24. The van der Waals surface area contributed by atoms with Crippen LogP contribution in [0.3, 0.4) is 0 Å². The Morgan fingerprint density at radius 3 is 2.50 bits per heavy atom. The molecule has 2 aromatic carbocycles. The first-order chi connectivity index (χ1) is 15.7. The van der Waals surface area contributed by atoms with Crippen LogP contribution >= 0.6 is 11.6 Å². The molecular weight excluding hydrogens is 428 g/mol. The summed E-state index contributed by atoms with van der Waals surface area (Å²) < 4.78 is 11.7. The lowest BCUT2D eigenvalue weighted by atomic mass is 10.1. The van der Waals surface area contributed by atoms with Crippen molar-refractivity contribution in [2.24, 2.45) is 0 Å². The molecule has 3 aromatic rings. The Morgan fingerprint density at radius 1 is 0.969 bits per heavy atom. The minimum atomic E-state index is -0.107. The summed E-state index contributed by atoms with van der Waals surface area (Å²) in [6, 6.07) is 16.7. The van der Waals surface area contributed by atoms with Crippen LogP contribution in [0.1, 0.15) is 21.6 Å². The van der Waals surface area contributed by atoms with Gasteiger partial charge in [-0.15, -0.1) is 0 Å². The molecule has 8 heteroatoms. The Balaban J connectivity index is 1.49. The van der Waals surface area contributed by atoms with Crippen LogP contribution in [0.2, 0.25) is 5.02 Å². The monoisotopic (exact) mass is 450 g/mol. The molecule has 1 saturated heterocycles. The van der Waals surface area contributed by atoms with E-state index in [0.717, 1.165) is 24.3 Å². The first-order valence-electron chi connectivity index (χ1n) is 10.7. The maximum atomic E-state index is 13.2. The minimum Gasteiger partial charge on any atom is -0.438 e. The van der Waals surface area contributed by atoms with Crippen LogP contribution in [0.25, 0.3) is 0 Å². The molecule has 0 atom stereocenters. The van der Waals surface area contributed by atoms with Gasteiger partial charge in [0.1, 0.15) is 5.75 Å². The number of hydrogen-bond acceptors (Lipinski definition) is 6. The Morgan fingerprint density at radius 2 is 1.72 bits per heavy atom. The van der Waals surface area contributed by atoms with E-state index in [9.17, 15) is 4.79 Å². The molecule has 2 aliphatic heterocycles. The van der Waals surface area contributed by atoms with Crippen molar-refractivity contribution in [3.8, 4) is 11.6 Å². The van der Waals surface area contributed by atoms with Crippen molar-refractivity contribution in [1.82, 2.24) is 14.9 Å². The van der Waals surface area contributed by atoms with Gasteiger partial charge in [-0.3, -0.25) is 4.79 Å². The van der Waals surface area contributed by atoms with E-state index in [1.54, 1.807) is 17.0 Å². The molecule has 0 aliphatic carbocycles. The van der Waals surface area contributed by atoms with Gasteiger partial charge in [0.25, 0.3) is 5.91 Å². The molecule has 0 saturated carbocycles. The highest BCUT2D eigenvalue weighted by Gasteiger charge is 2.29. The topological polar surface area (TPSA) is 67.8 Å². The van der Waals surface area contributed by atoms with Crippen molar-refractivity contribution >= 4 is 23.5 Å². The summed E-state index contributed by atoms with van der Waals surface area (Å²) in [5, 5.41) is 0.447. The van der Waals surface area contributed by atoms with E-state index in [2.05, 4.69) is 4.90 Å². The molecule has 0 spiro atoms. The fourth-order valence-electron chi connectivity index (χ4n) is 3.94. The number of ether oxygens (including phenoxy) is 2. The zero-order chi connectivity index (χ0) is 21.9. The van der Waals surface area contributed by atoms with Gasteiger partial charge in [0.05, 0.1) is 41.6 Å². The molecule has 32 heavy (non-hydrogen) atoms. The van der Waals surface area contributed by atoms with Gasteiger partial charge in [-0.05, 0) is 24.3 Å². The molecule has 164 valence electrons. The van der Waals surface area contributed by atoms with Crippen LogP contribution < -0.4 is 9.64 Å². The summed E-state index contributed by atoms with van der Waals surface area (Å²) >= 11 is 6.27. The zero-order valence-electron chi connectivity index (χ0n) is 17.5. The van der Waals surface area contributed by atoms with Crippen LogP contribution in [0.15, 0.2) is 54.6 Å². The van der Waals surface area contributed by atoms with Crippen molar-refractivity contribution in [3.63, 3.8) is 0 Å². The molecule has 5 rings (SSSR count). The fraction of sp³-hybridized carbons (Fsp3) is 0.292. The van der Waals surface area contributed by atoms with E-state index in [1.807, 2.05) is 42.5 Å². The number of hydrogen-bond donors (Lipinski definition) is 0. The van der Waals surface area contributed by atoms with Gasteiger partial charge in [0, 0.05) is 26.1 Å². The Hall–Kier alpha value is -3.16. The first-order valence-corrected chi connectivity index (χ1v) is 11.1. The van der Waals surface area contributed by atoms with Crippen LogP contribution in [0.4, 0.5) is 5.95 Å². The zero-order valence-corrected chi connectivity index (χ0v) is 18.3. The molecule has 3 heterocycles. The molecular formula is C24H23ClN4O3. The Bertz CT molecular complexity index is 1120. The van der Waals surface area contributed by atoms with Crippen molar-refractivity contribution in [2.75, 3.05) is 37.7 Å². The summed E-state index contributed by atoms with van der Waals surface area (Å²) in [4.78, 5) is 26.6. The number of carbonyl (C=O) groups excluding carboxylic acids is 1. The van der Waals surface area contributed by atoms with Crippen molar-refractivity contribution in [2.45, 2.75) is 13.0 Å². The van der Waals surface area contributed by atoms with Crippen LogP contribution in [-0.2, 0) is 17.7 Å². The molecule has 1 aromatic heterocycles. The van der Waals surface area contributed by atoms with Gasteiger partial charge in [0.2, 0.25) is 11.8 Å². The van der Waals surface area contributed by atoms with E-state index >= 15 is 0 Å². The quantitative estimate of drug-likeness (QED) is 0.599. The number of nitrogens with zero attached hydrogens (tertiary/aromatic N) is 4. The van der Waals surface area contributed by atoms with Gasteiger partial charge < -0.3 is 19.3 Å². The third-order valence-electron chi connectivity index (χ3n) is 5.65. The lowest BCUT2D eigenvalue weighted by Gasteiger charge is -2.32. The fourth-order valence-corrected chi connectivity index (χ4v) is 4.16. The Labute approximate surface area is 191 Å². The SMILES string of the molecule is O=C(c1ccccc1Cl)N1CCc2nc(N3CCOCC3)nc(Oc3ccccc3)c2C1. The molecule has 1 fully saturated rings. The minimum absolute atomic E-state index is 0.107. The number of fused-ring (bicyclic) bond motifs is 1. The molecule has 1 amide bonds. The first kappa shape index (κ1) is 20.7. The standard InChI is InChI=1S/C24H23ClN4O3/c25-20-9-5-4-8-18(20)23(30)29-11-10-21-19(16-29)22(32-17-6-2-1-3-7-17)27-24(26-21)28-12-14-31-15-13-28/h1-9H,10-16H2. The summed E-state index contributed by atoms with van der Waals surface area (Å²) in [6.07, 6.45) is 0.622. The van der Waals surface area contributed by atoms with E-state index in [4.69, 9.17) is 31.0 Å². The van der Waals surface area contributed by atoms with Crippen molar-refractivity contribution in [3.05, 3.63) is 76.4 Å². The number of amides is 1. The van der Waals surface area contributed by atoms with Crippen molar-refractivity contribution < 1.29 is 14.3 Å². The lowest BCUT2D eigenvalue weighted by molar-refractivity contribution is 0.0732. The highest BCUT2D eigenvalue weighted by atomic mass is 35.5. The number of aromatic nitrogens is 2. The molecule has 2 aliphatic rings. The molecule has 0 radical (unpaired) electrons. The highest BCUT2D eigenvalue weighted by Crippen LogP contribution is 2.32. The van der Waals surface area contributed by atoms with Crippen LogP contribution in [-0.4, -0.2) is 53.6 Å². The van der Waals surface area contributed by atoms with Gasteiger partial charge in [-0.1, -0.05) is 41.9 Å². The van der Waals surface area contributed by atoms with Gasteiger partial charge >= 0.3 is 0 Å². The van der Waals surface area contributed by atoms with Gasteiger partial charge in [-0.2, -0.15) is 4.98 Å². The third-order valence-corrected chi connectivity index (χ3v) is 5.98. The number of anilines is 1. The van der Waals surface area contributed by atoms with Gasteiger partial charge in [-0.25, -0.2) is 4.98 Å². The average Bonchev–Trinajstić information content (AvgIpc) is 2.85. The maximum Gasteiger partial charge on any atom is 0.255 e. The molecule has 0 bridgehead atoms. The Kier molecular flexibility index (Phi) is 5.92. The summed E-state index contributed by atoms with van der Waals surface area (Å²) in [6.45, 7) is 3.69. The number of para-hydroxylation sites is 1. The third kappa shape index (κ3) is 4.26. The highest BCUT2D eigenvalue weighted by molar-refractivity contribution is 6.33. The lowest BCUT2D eigenvalue weighted by Crippen LogP contribution is -2.39. The summed E-state index contributed by atoms with van der Waals surface area (Å²) in [7, 11) is 0. The second kappa shape index (κ2) is 9.14. The second-order valence-corrected chi connectivity index (χ2v) is 8.13.